The minimum atomic E-state index is -3.29. The van der Waals surface area contributed by atoms with Crippen LogP contribution in [0.4, 0.5) is 10.6 Å². The van der Waals surface area contributed by atoms with Crippen LogP contribution in [-0.4, -0.2) is 76.0 Å². The summed E-state index contributed by atoms with van der Waals surface area (Å²) in [6.07, 6.45) is 8.71. The van der Waals surface area contributed by atoms with Gasteiger partial charge >= 0.3 is 6.09 Å². The lowest BCUT2D eigenvalue weighted by Gasteiger charge is -2.37. The Morgan fingerprint density at radius 3 is 2.67 bits per heavy atom. The fourth-order valence-corrected chi connectivity index (χ4v) is 7.11. The second-order valence-corrected chi connectivity index (χ2v) is 13.2. The van der Waals surface area contributed by atoms with E-state index in [0.29, 0.717) is 11.0 Å². The Bertz CT molecular complexity index is 1170. The van der Waals surface area contributed by atoms with Gasteiger partial charge in [-0.3, -0.25) is 4.90 Å². The van der Waals surface area contributed by atoms with Crippen LogP contribution in [0.3, 0.4) is 0 Å². The molecule has 3 aliphatic rings. The predicted molar refractivity (Wildman–Crippen MR) is 139 cm³/mol. The largest absolute Gasteiger partial charge is 0.493 e. The molecule has 2 aromatic heterocycles. The van der Waals surface area contributed by atoms with Gasteiger partial charge in [-0.05, 0) is 62.8 Å². The molecule has 0 radical (unpaired) electrons. The molecule has 1 amide bonds. The van der Waals surface area contributed by atoms with Crippen molar-refractivity contribution in [3.8, 4) is 10.8 Å². The molecular weight excluding hydrogens is 500 g/mol. The van der Waals surface area contributed by atoms with Gasteiger partial charge < -0.3 is 19.7 Å². The Morgan fingerprint density at radius 2 is 1.94 bits per heavy atom. The number of thiophene rings is 1. The first kappa shape index (κ1) is 25.3. The van der Waals surface area contributed by atoms with Gasteiger partial charge in [0.15, 0.2) is 14.9 Å². The fourth-order valence-electron chi connectivity index (χ4n) is 5.36. The van der Waals surface area contributed by atoms with Gasteiger partial charge in [-0.25, -0.2) is 18.2 Å². The van der Waals surface area contributed by atoms with E-state index >= 15 is 0 Å². The van der Waals surface area contributed by atoms with E-state index in [4.69, 9.17) is 9.47 Å². The van der Waals surface area contributed by atoms with Gasteiger partial charge in [0.1, 0.15) is 15.8 Å². The number of ether oxygens (including phenoxy) is 2. The lowest BCUT2D eigenvalue weighted by Crippen LogP contribution is -2.47. The Balaban J connectivity index is 0.996. The number of nitrogens with one attached hydrogen (secondary N) is 1. The molecule has 196 valence electrons. The third-order valence-corrected chi connectivity index (χ3v) is 10.2. The molecule has 2 aliphatic heterocycles. The van der Waals surface area contributed by atoms with E-state index in [0.717, 1.165) is 101 Å². The summed E-state index contributed by atoms with van der Waals surface area (Å²) in [5, 5.41) is 3.24. The summed E-state index contributed by atoms with van der Waals surface area (Å²) < 4.78 is 34.4. The Kier molecular flexibility index (Phi) is 7.68. The maximum atomic E-state index is 12.2. The monoisotopic (exact) mass is 534 g/mol. The third kappa shape index (κ3) is 6.12. The standard InChI is InChI=1S/C25H34N4O5S2/c1-36(31,32)23-7-6-22(35-23)34-25(30)27-19-4-2-18(3-5-19)9-12-28-13-15-29(16-14-28)24-20-10-17-33-21(20)8-11-26-24/h6-8,11,18-19H,2-5,9-10,12-17H2,1H3,(H,27,30). The van der Waals surface area contributed by atoms with E-state index in [9.17, 15) is 13.2 Å². The molecule has 2 aromatic rings. The van der Waals surface area contributed by atoms with E-state index in [1.807, 2.05) is 12.3 Å². The van der Waals surface area contributed by atoms with Crippen molar-refractivity contribution in [2.75, 3.05) is 50.5 Å². The van der Waals surface area contributed by atoms with Gasteiger partial charge in [0.05, 0.1) is 6.61 Å². The van der Waals surface area contributed by atoms with Gasteiger partial charge in [0.25, 0.3) is 0 Å². The number of pyridine rings is 1. The number of hydrogen-bond acceptors (Lipinski definition) is 9. The summed E-state index contributed by atoms with van der Waals surface area (Å²) >= 11 is 0.967. The van der Waals surface area contributed by atoms with Gasteiger partial charge in [0.2, 0.25) is 0 Å². The van der Waals surface area contributed by atoms with Crippen molar-refractivity contribution in [1.82, 2.24) is 15.2 Å². The van der Waals surface area contributed by atoms with Gasteiger partial charge in [-0.1, -0.05) is 11.3 Å². The maximum absolute atomic E-state index is 12.2. The number of carbonyl (C=O) groups is 1. The first-order valence-corrected chi connectivity index (χ1v) is 15.4. The molecule has 1 N–H and O–H groups in total. The van der Waals surface area contributed by atoms with Crippen LogP contribution in [0.1, 0.15) is 37.7 Å². The lowest BCUT2D eigenvalue weighted by molar-refractivity contribution is 0.183. The number of hydrogen-bond donors (Lipinski definition) is 1. The van der Waals surface area contributed by atoms with E-state index in [-0.39, 0.29) is 10.3 Å². The van der Waals surface area contributed by atoms with Gasteiger partial charge in [-0.2, -0.15) is 0 Å². The summed E-state index contributed by atoms with van der Waals surface area (Å²) in [5.74, 6) is 2.78. The van der Waals surface area contributed by atoms with Crippen LogP contribution >= 0.6 is 11.3 Å². The molecule has 11 heteroatoms. The highest BCUT2D eigenvalue weighted by molar-refractivity contribution is 7.92. The molecule has 2 fully saturated rings. The molecule has 0 spiro atoms. The van der Waals surface area contributed by atoms with Crippen LogP contribution in [0.15, 0.2) is 28.6 Å². The molecule has 36 heavy (non-hydrogen) atoms. The highest BCUT2D eigenvalue weighted by Crippen LogP contribution is 2.33. The maximum Gasteiger partial charge on any atom is 0.413 e. The molecule has 1 aliphatic carbocycles. The SMILES string of the molecule is CS(=O)(=O)c1ccc(OC(=O)NC2CCC(CCN3CCN(c4nccc5c4CCO5)CC3)CC2)s1. The van der Waals surface area contributed by atoms with E-state index in [1.54, 1.807) is 0 Å². The number of anilines is 1. The topological polar surface area (TPSA) is 101 Å². The first-order valence-electron chi connectivity index (χ1n) is 12.7. The van der Waals surface area contributed by atoms with E-state index < -0.39 is 15.9 Å². The van der Waals surface area contributed by atoms with E-state index in [1.165, 1.54) is 24.1 Å². The smallest absolute Gasteiger partial charge is 0.413 e. The molecule has 0 bridgehead atoms. The van der Waals surface area contributed by atoms with Crippen LogP contribution in [0.25, 0.3) is 0 Å². The quantitative estimate of drug-likeness (QED) is 0.577. The summed E-state index contributed by atoms with van der Waals surface area (Å²) in [4.78, 5) is 21.9. The van der Waals surface area contributed by atoms with Gasteiger partial charge in [-0.15, -0.1) is 0 Å². The lowest BCUT2D eigenvalue weighted by atomic mass is 9.84. The van der Waals surface area contributed by atoms with Crippen LogP contribution in [0, 0.1) is 5.92 Å². The highest BCUT2D eigenvalue weighted by atomic mass is 32.2. The fraction of sp³-hybridized carbons (Fsp3) is 0.600. The summed E-state index contributed by atoms with van der Waals surface area (Å²) in [6, 6.07) is 5.06. The average Bonchev–Trinajstić information content (AvgIpc) is 3.53. The van der Waals surface area contributed by atoms with Crippen molar-refractivity contribution < 1.29 is 22.7 Å². The molecule has 5 rings (SSSR count). The van der Waals surface area contributed by atoms with Crippen molar-refractivity contribution in [3.63, 3.8) is 0 Å². The second kappa shape index (κ2) is 10.9. The zero-order chi connectivity index (χ0) is 25.1. The number of aromatic nitrogens is 1. The van der Waals surface area contributed by atoms with Crippen molar-refractivity contribution in [3.05, 3.63) is 30.0 Å². The van der Waals surface area contributed by atoms with Crippen molar-refractivity contribution in [2.24, 2.45) is 5.92 Å². The van der Waals surface area contributed by atoms with Gasteiger partial charge in [0, 0.05) is 56.7 Å². The Morgan fingerprint density at radius 1 is 1.17 bits per heavy atom. The summed E-state index contributed by atoms with van der Waals surface area (Å²) in [6.45, 7) is 5.98. The number of piperazine rings is 1. The molecule has 0 aromatic carbocycles. The molecule has 0 unspecified atom stereocenters. The van der Waals surface area contributed by atoms with Crippen molar-refractivity contribution in [2.45, 2.75) is 48.8 Å². The number of rotatable bonds is 7. The third-order valence-electron chi connectivity index (χ3n) is 7.41. The Hall–Kier alpha value is -2.37. The van der Waals surface area contributed by atoms with Crippen LogP contribution in [0.5, 0.6) is 10.8 Å². The number of nitrogens with zero attached hydrogens (tertiary/aromatic N) is 3. The molecular formula is C25H34N4O5S2. The van der Waals surface area contributed by atoms with Crippen LogP contribution in [0.2, 0.25) is 0 Å². The number of amides is 1. The normalized spacial score (nSPS) is 22.6. The predicted octanol–water partition coefficient (Wildman–Crippen LogP) is 3.34. The van der Waals surface area contributed by atoms with E-state index in [2.05, 4.69) is 20.1 Å². The number of sulfone groups is 1. The molecule has 4 heterocycles. The van der Waals surface area contributed by atoms with Crippen molar-refractivity contribution in [1.29, 1.82) is 0 Å². The average molecular weight is 535 g/mol. The summed E-state index contributed by atoms with van der Waals surface area (Å²) in [5.41, 5.74) is 1.26. The highest BCUT2D eigenvalue weighted by Gasteiger charge is 2.27. The zero-order valence-electron chi connectivity index (χ0n) is 20.6. The Labute approximate surface area is 216 Å². The number of carbonyl (C=O) groups excluding carboxylic acids is 1. The molecule has 0 atom stereocenters. The van der Waals surface area contributed by atoms with Crippen LogP contribution in [-0.2, 0) is 16.3 Å². The minimum Gasteiger partial charge on any atom is -0.493 e. The molecule has 1 saturated heterocycles. The number of fused-ring (bicyclic) bond motifs is 1. The molecule has 9 nitrogen and oxygen atoms in total. The van der Waals surface area contributed by atoms with Crippen LogP contribution < -0.4 is 19.7 Å². The molecule has 1 saturated carbocycles. The minimum absolute atomic E-state index is 0.107. The van der Waals surface area contributed by atoms with Crippen molar-refractivity contribution >= 4 is 33.1 Å². The first-order chi connectivity index (χ1) is 17.3. The zero-order valence-corrected chi connectivity index (χ0v) is 22.3. The summed E-state index contributed by atoms with van der Waals surface area (Å²) in [7, 11) is -3.29. The second-order valence-electron chi connectivity index (χ2n) is 9.92.